The molecule has 0 aliphatic carbocycles. The number of benzene rings is 1. The minimum atomic E-state index is -0.606. The molecule has 0 spiro atoms. The Labute approximate surface area is 97.9 Å². The average Bonchev–Trinajstić information content (AvgIpc) is 2.30. The molecular formula is C14H22O2. The van der Waals surface area contributed by atoms with Gasteiger partial charge in [-0.2, -0.15) is 0 Å². The van der Waals surface area contributed by atoms with Gasteiger partial charge in [-0.05, 0) is 29.9 Å². The standard InChI is InChI=1S/C14H22O2/c1-3-4-12-5-7-13(8-6-12)11(2)9-14(16)10-15/h5-8,11,14-16H,3-4,9-10H2,1-2H3. The van der Waals surface area contributed by atoms with E-state index in [9.17, 15) is 5.11 Å². The summed E-state index contributed by atoms with van der Waals surface area (Å²) in [5, 5.41) is 18.2. The van der Waals surface area contributed by atoms with Crippen molar-refractivity contribution in [2.75, 3.05) is 6.61 Å². The second-order valence-electron chi connectivity index (χ2n) is 4.46. The first-order valence-electron chi connectivity index (χ1n) is 6.05. The van der Waals surface area contributed by atoms with Crippen molar-refractivity contribution in [3.05, 3.63) is 35.4 Å². The Morgan fingerprint density at radius 2 is 1.81 bits per heavy atom. The Morgan fingerprint density at radius 3 is 2.31 bits per heavy atom. The van der Waals surface area contributed by atoms with Gasteiger partial charge in [0.1, 0.15) is 0 Å². The summed E-state index contributed by atoms with van der Waals surface area (Å²) >= 11 is 0. The molecule has 0 saturated carbocycles. The highest BCUT2D eigenvalue weighted by Gasteiger charge is 2.11. The molecule has 0 aliphatic rings. The molecule has 1 rings (SSSR count). The van der Waals surface area contributed by atoms with E-state index < -0.39 is 6.10 Å². The van der Waals surface area contributed by atoms with Crippen molar-refractivity contribution in [2.24, 2.45) is 0 Å². The van der Waals surface area contributed by atoms with E-state index in [0.717, 1.165) is 12.8 Å². The highest BCUT2D eigenvalue weighted by Crippen LogP contribution is 2.21. The fraction of sp³-hybridized carbons (Fsp3) is 0.571. The van der Waals surface area contributed by atoms with Crippen LogP contribution in [0.15, 0.2) is 24.3 Å². The molecule has 0 radical (unpaired) electrons. The molecule has 1 aromatic carbocycles. The summed E-state index contributed by atoms with van der Waals surface area (Å²) in [5.41, 5.74) is 2.59. The van der Waals surface area contributed by atoms with Crippen LogP contribution in [0.4, 0.5) is 0 Å². The third-order valence-corrected chi connectivity index (χ3v) is 2.92. The molecule has 16 heavy (non-hydrogen) atoms. The van der Waals surface area contributed by atoms with Gasteiger partial charge in [0.25, 0.3) is 0 Å². The molecular weight excluding hydrogens is 200 g/mol. The van der Waals surface area contributed by atoms with Crippen LogP contribution in [0.5, 0.6) is 0 Å². The maximum Gasteiger partial charge on any atom is 0.0776 e. The molecule has 2 heteroatoms. The zero-order valence-corrected chi connectivity index (χ0v) is 10.2. The van der Waals surface area contributed by atoms with Crippen LogP contribution in [0.25, 0.3) is 0 Å². The lowest BCUT2D eigenvalue weighted by atomic mass is 9.94. The summed E-state index contributed by atoms with van der Waals surface area (Å²) in [7, 11) is 0. The summed E-state index contributed by atoms with van der Waals surface area (Å²) in [6, 6.07) is 8.56. The molecule has 2 nitrogen and oxygen atoms in total. The molecule has 90 valence electrons. The normalized spacial score (nSPS) is 14.8. The van der Waals surface area contributed by atoms with Crippen LogP contribution in [-0.2, 0) is 6.42 Å². The van der Waals surface area contributed by atoms with Crippen LogP contribution >= 0.6 is 0 Å². The van der Waals surface area contributed by atoms with Crippen molar-refractivity contribution in [1.29, 1.82) is 0 Å². The van der Waals surface area contributed by atoms with Gasteiger partial charge in [-0.25, -0.2) is 0 Å². The maximum atomic E-state index is 9.38. The number of hydrogen-bond donors (Lipinski definition) is 2. The fourth-order valence-corrected chi connectivity index (χ4v) is 1.92. The van der Waals surface area contributed by atoms with Gasteiger partial charge in [0.05, 0.1) is 12.7 Å². The SMILES string of the molecule is CCCc1ccc(C(C)CC(O)CO)cc1. The van der Waals surface area contributed by atoms with Crippen LogP contribution in [0.3, 0.4) is 0 Å². The van der Waals surface area contributed by atoms with Gasteiger partial charge in [0.15, 0.2) is 0 Å². The third kappa shape index (κ3) is 3.95. The van der Waals surface area contributed by atoms with Crippen molar-refractivity contribution in [3.63, 3.8) is 0 Å². The maximum absolute atomic E-state index is 9.38. The van der Waals surface area contributed by atoms with Crippen LogP contribution in [-0.4, -0.2) is 22.9 Å². The molecule has 0 heterocycles. The third-order valence-electron chi connectivity index (χ3n) is 2.92. The molecule has 0 bridgehead atoms. The van der Waals surface area contributed by atoms with Gasteiger partial charge >= 0.3 is 0 Å². The predicted octanol–water partition coefficient (Wildman–Crippen LogP) is 2.49. The van der Waals surface area contributed by atoms with E-state index in [1.807, 2.05) is 0 Å². The van der Waals surface area contributed by atoms with Gasteiger partial charge in [-0.3, -0.25) is 0 Å². The van der Waals surface area contributed by atoms with Gasteiger partial charge in [-0.15, -0.1) is 0 Å². The second-order valence-corrected chi connectivity index (χ2v) is 4.46. The van der Waals surface area contributed by atoms with E-state index in [1.165, 1.54) is 11.1 Å². The number of aryl methyl sites for hydroxylation is 1. The van der Waals surface area contributed by atoms with Crippen molar-refractivity contribution in [2.45, 2.75) is 45.1 Å². The summed E-state index contributed by atoms with van der Waals surface area (Å²) in [6.07, 6.45) is 2.29. The Hall–Kier alpha value is -0.860. The molecule has 2 atom stereocenters. The minimum Gasteiger partial charge on any atom is -0.394 e. The molecule has 0 aromatic heterocycles. The van der Waals surface area contributed by atoms with Gasteiger partial charge in [0.2, 0.25) is 0 Å². The van der Waals surface area contributed by atoms with E-state index in [0.29, 0.717) is 6.42 Å². The average molecular weight is 222 g/mol. The van der Waals surface area contributed by atoms with Crippen molar-refractivity contribution < 1.29 is 10.2 Å². The highest BCUT2D eigenvalue weighted by atomic mass is 16.3. The highest BCUT2D eigenvalue weighted by molar-refractivity contribution is 5.25. The quantitative estimate of drug-likeness (QED) is 0.776. The van der Waals surface area contributed by atoms with E-state index >= 15 is 0 Å². The predicted molar refractivity (Wildman–Crippen MR) is 66.6 cm³/mol. The van der Waals surface area contributed by atoms with E-state index in [4.69, 9.17) is 5.11 Å². The lowest BCUT2D eigenvalue weighted by molar-refractivity contribution is 0.0835. The van der Waals surface area contributed by atoms with Crippen LogP contribution < -0.4 is 0 Å². The zero-order valence-electron chi connectivity index (χ0n) is 10.2. The largest absolute Gasteiger partial charge is 0.394 e. The lowest BCUT2D eigenvalue weighted by Gasteiger charge is -2.15. The number of aliphatic hydroxyl groups excluding tert-OH is 2. The Balaban J connectivity index is 2.59. The molecule has 1 aromatic rings. The second kappa shape index (κ2) is 6.66. The number of aliphatic hydroxyl groups is 2. The van der Waals surface area contributed by atoms with Crippen LogP contribution in [0.1, 0.15) is 43.7 Å². The Morgan fingerprint density at radius 1 is 1.19 bits per heavy atom. The molecule has 0 saturated heterocycles. The van der Waals surface area contributed by atoms with Crippen molar-refractivity contribution >= 4 is 0 Å². The number of rotatable bonds is 6. The van der Waals surface area contributed by atoms with E-state index in [-0.39, 0.29) is 12.5 Å². The van der Waals surface area contributed by atoms with Crippen LogP contribution in [0, 0.1) is 0 Å². The molecule has 0 fully saturated rings. The summed E-state index contributed by atoms with van der Waals surface area (Å²) in [5.74, 6) is 0.290. The zero-order chi connectivity index (χ0) is 12.0. The van der Waals surface area contributed by atoms with E-state index in [2.05, 4.69) is 38.1 Å². The van der Waals surface area contributed by atoms with Gasteiger partial charge in [-0.1, -0.05) is 44.5 Å². The first-order chi connectivity index (χ1) is 7.67. The smallest absolute Gasteiger partial charge is 0.0776 e. The molecule has 2 unspecified atom stereocenters. The lowest BCUT2D eigenvalue weighted by Crippen LogP contribution is -2.14. The molecule has 0 aliphatic heterocycles. The minimum absolute atomic E-state index is 0.155. The van der Waals surface area contributed by atoms with Gasteiger partial charge < -0.3 is 10.2 Å². The first kappa shape index (κ1) is 13.2. The topological polar surface area (TPSA) is 40.5 Å². The van der Waals surface area contributed by atoms with Crippen molar-refractivity contribution in [3.8, 4) is 0 Å². The summed E-state index contributed by atoms with van der Waals surface area (Å²) in [4.78, 5) is 0. The Bertz CT molecular complexity index is 292. The molecule has 2 N–H and O–H groups in total. The molecule has 0 amide bonds. The van der Waals surface area contributed by atoms with Crippen LogP contribution in [0.2, 0.25) is 0 Å². The monoisotopic (exact) mass is 222 g/mol. The fourth-order valence-electron chi connectivity index (χ4n) is 1.92. The van der Waals surface area contributed by atoms with E-state index in [1.54, 1.807) is 0 Å². The van der Waals surface area contributed by atoms with Gasteiger partial charge in [0, 0.05) is 0 Å². The Kier molecular flexibility index (Phi) is 5.50. The summed E-state index contributed by atoms with van der Waals surface area (Å²) < 4.78 is 0. The van der Waals surface area contributed by atoms with Crippen molar-refractivity contribution in [1.82, 2.24) is 0 Å². The first-order valence-corrected chi connectivity index (χ1v) is 6.05. The summed E-state index contributed by atoms with van der Waals surface area (Å²) in [6.45, 7) is 4.10. The number of hydrogen-bond acceptors (Lipinski definition) is 2.